The second kappa shape index (κ2) is 11.4. The predicted octanol–water partition coefficient (Wildman–Crippen LogP) is 4.43. The number of thioether (sulfide) groups is 1. The number of anilines is 1. The Bertz CT molecular complexity index is 1220. The zero-order valence-electron chi connectivity index (χ0n) is 22.2. The Labute approximate surface area is 226 Å². The molecule has 4 atom stereocenters. The van der Waals surface area contributed by atoms with Gasteiger partial charge in [-0.25, -0.2) is 9.67 Å². The van der Waals surface area contributed by atoms with Gasteiger partial charge in [-0.15, -0.1) is 11.8 Å². The van der Waals surface area contributed by atoms with E-state index in [4.69, 9.17) is 23.3 Å². The largest absolute Gasteiger partial charge is 0.367 e. The summed E-state index contributed by atoms with van der Waals surface area (Å²) in [6.45, 7) is 7.94. The van der Waals surface area contributed by atoms with E-state index in [-0.39, 0.29) is 23.5 Å². The number of ether oxygens (including phenoxy) is 3. The summed E-state index contributed by atoms with van der Waals surface area (Å²) in [4.78, 5) is 8.92. The Morgan fingerprint density at radius 1 is 1.21 bits per heavy atom. The first-order valence-electron chi connectivity index (χ1n) is 13.1. The van der Waals surface area contributed by atoms with Crippen molar-refractivity contribution in [2.24, 2.45) is 0 Å². The number of hydrogen-bond donors (Lipinski definition) is 1. The van der Waals surface area contributed by atoms with Crippen LogP contribution in [-0.2, 0) is 27.8 Å². The van der Waals surface area contributed by atoms with Crippen LogP contribution in [0.15, 0.2) is 6.20 Å². The fourth-order valence-corrected chi connectivity index (χ4v) is 8.59. The van der Waals surface area contributed by atoms with Gasteiger partial charge in [0.2, 0.25) is 5.82 Å². The minimum Gasteiger partial charge on any atom is -0.367 e. The Balaban J connectivity index is 1.39. The lowest BCUT2D eigenvalue weighted by Gasteiger charge is -2.24. The molecule has 0 radical (unpaired) electrons. The van der Waals surface area contributed by atoms with Crippen LogP contribution in [-0.4, -0.2) is 74.3 Å². The summed E-state index contributed by atoms with van der Waals surface area (Å²) in [5.41, 5.74) is 0.708. The average Bonchev–Trinajstić information content (AvgIpc) is 3.64. The summed E-state index contributed by atoms with van der Waals surface area (Å²) in [7, 11) is -3.19. The smallest absolute Gasteiger partial charge is 0.340 e. The van der Waals surface area contributed by atoms with E-state index in [2.05, 4.69) is 26.5 Å². The van der Waals surface area contributed by atoms with Crippen molar-refractivity contribution >= 4 is 36.2 Å². The van der Waals surface area contributed by atoms with Crippen LogP contribution in [0.2, 0.25) is 0 Å². The number of hydrogen-bond acceptors (Lipinski definition) is 12. The minimum atomic E-state index is -3.19. The Kier molecular flexibility index (Phi) is 8.31. The quantitative estimate of drug-likeness (QED) is 0.384. The van der Waals surface area contributed by atoms with Crippen LogP contribution in [0.3, 0.4) is 0 Å². The van der Waals surface area contributed by atoms with E-state index in [1.807, 2.05) is 13.8 Å². The third-order valence-electron chi connectivity index (χ3n) is 6.80. The van der Waals surface area contributed by atoms with Crippen molar-refractivity contribution in [3.05, 3.63) is 12.0 Å². The fourth-order valence-electron chi connectivity index (χ4n) is 5.31. The molecular formula is C24H35N6O6PS. The zero-order chi connectivity index (χ0) is 26.9. The molecule has 2 aliphatic heterocycles. The van der Waals surface area contributed by atoms with Gasteiger partial charge in [-0.05, 0) is 40.5 Å². The molecule has 3 aliphatic rings. The summed E-state index contributed by atoms with van der Waals surface area (Å²) >= 11 is 1.43. The van der Waals surface area contributed by atoms with Gasteiger partial charge in [-0.2, -0.15) is 15.3 Å². The number of rotatable bonds is 11. The highest BCUT2D eigenvalue weighted by atomic mass is 32.2. The maximum absolute atomic E-state index is 12.9. The first-order valence-corrected chi connectivity index (χ1v) is 16.0. The van der Waals surface area contributed by atoms with E-state index in [1.165, 1.54) is 24.6 Å². The van der Waals surface area contributed by atoms with Crippen molar-refractivity contribution in [1.29, 1.82) is 5.26 Å². The molecule has 2 aromatic rings. The molecule has 1 saturated carbocycles. The molecule has 5 rings (SSSR count). The van der Waals surface area contributed by atoms with Gasteiger partial charge in [-0.1, -0.05) is 12.8 Å². The van der Waals surface area contributed by atoms with Gasteiger partial charge in [0.15, 0.2) is 17.7 Å². The number of nitrogens with one attached hydrogen (secondary N) is 1. The third-order valence-corrected chi connectivity index (χ3v) is 10.7. The number of nitriles is 1. The van der Waals surface area contributed by atoms with Crippen LogP contribution < -0.4 is 5.32 Å². The van der Waals surface area contributed by atoms with E-state index in [9.17, 15) is 9.83 Å². The van der Waals surface area contributed by atoms with Crippen molar-refractivity contribution in [3.63, 3.8) is 0 Å². The van der Waals surface area contributed by atoms with Gasteiger partial charge in [0.05, 0.1) is 36.4 Å². The lowest BCUT2D eigenvalue weighted by Crippen LogP contribution is -2.31. The van der Waals surface area contributed by atoms with Gasteiger partial charge in [0, 0.05) is 11.8 Å². The maximum Gasteiger partial charge on any atom is 0.340 e. The molecule has 3 fully saturated rings. The second-order valence-corrected chi connectivity index (χ2v) is 13.5. The van der Waals surface area contributed by atoms with E-state index in [0.717, 1.165) is 18.2 Å². The number of nitrogens with zero attached hydrogens (tertiary/aromatic N) is 5. The van der Waals surface area contributed by atoms with E-state index < -0.39 is 25.7 Å². The highest BCUT2D eigenvalue weighted by Gasteiger charge is 2.56. The van der Waals surface area contributed by atoms with Crippen LogP contribution in [0, 0.1) is 11.3 Å². The van der Waals surface area contributed by atoms with Crippen molar-refractivity contribution < 1.29 is 27.8 Å². The van der Waals surface area contributed by atoms with E-state index >= 15 is 0 Å². The Hall–Kier alpha value is -1.78. The van der Waals surface area contributed by atoms with Gasteiger partial charge in [0.1, 0.15) is 24.1 Å². The molecule has 14 heteroatoms. The number of aromatic nitrogens is 4. The maximum atomic E-state index is 12.9. The van der Waals surface area contributed by atoms with Crippen LogP contribution in [0.4, 0.5) is 5.82 Å². The Morgan fingerprint density at radius 2 is 1.92 bits per heavy atom. The van der Waals surface area contributed by atoms with Gasteiger partial charge < -0.3 is 28.6 Å². The molecular weight excluding hydrogens is 531 g/mol. The van der Waals surface area contributed by atoms with Gasteiger partial charge in [-0.3, -0.25) is 4.57 Å². The molecule has 0 bridgehead atoms. The van der Waals surface area contributed by atoms with E-state index in [0.29, 0.717) is 36.5 Å². The van der Waals surface area contributed by atoms with Crippen LogP contribution in [0.1, 0.15) is 65.4 Å². The standard InChI is InChI=1S/C24H35N6O6PS/c1-5-32-37(31,33-6-2)14-38-13-17-19-20(36-24(3,4)35-19)23(34-17)30-22-16(12-26-30)21(28-18(11-25)29-22)27-15-9-7-8-10-15/h12,15,17,19-20,23H,5-10,13-14H2,1-4H3,(H,27,28,29)/t17-,19-,20-,23-/m1/s1. The molecule has 208 valence electrons. The summed E-state index contributed by atoms with van der Waals surface area (Å²) in [6.07, 6.45) is 4.38. The fraction of sp³-hybridized carbons (Fsp3) is 0.750. The lowest BCUT2D eigenvalue weighted by atomic mass is 10.1. The topological polar surface area (TPSA) is 143 Å². The van der Waals surface area contributed by atoms with Gasteiger partial charge in [0.25, 0.3) is 0 Å². The lowest BCUT2D eigenvalue weighted by molar-refractivity contribution is -0.195. The second-order valence-electron chi connectivity index (χ2n) is 10.0. The van der Waals surface area contributed by atoms with Gasteiger partial charge >= 0.3 is 7.60 Å². The highest BCUT2D eigenvalue weighted by Crippen LogP contribution is 2.52. The highest BCUT2D eigenvalue weighted by molar-refractivity contribution is 8.04. The van der Waals surface area contributed by atoms with Crippen molar-refractivity contribution in [2.75, 3.05) is 29.8 Å². The third kappa shape index (κ3) is 5.72. The minimum absolute atomic E-state index is 0.0629. The zero-order valence-corrected chi connectivity index (χ0v) is 23.9. The van der Waals surface area contributed by atoms with Crippen LogP contribution in [0.25, 0.3) is 11.0 Å². The number of fused-ring (bicyclic) bond motifs is 2. The summed E-state index contributed by atoms with van der Waals surface area (Å²) in [5, 5.41) is 18.4. The Morgan fingerprint density at radius 3 is 2.61 bits per heavy atom. The molecule has 12 nitrogen and oxygen atoms in total. The molecule has 1 aliphatic carbocycles. The molecule has 0 unspecified atom stereocenters. The first kappa shape index (κ1) is 27.8. The molecule has 38 heavy (non-hydrogen) atoms. The van der Waals surface area contributed by atoms with Crippen LogP contribution in [0.5, 0.6) is 0 Å². The monoisotopic (exact) mass is 566 g/mol. The van der Waals surface area contributed by atoms with Crippen molar-refractivity contribution in [1.82, 2.24) is 19.7 Å². The molecule has 0 amide bonds. The van der Waals surface area contributed by atoms with Crippen molar-refractivity contribution in [3.8, 4) is 6.07 Å². The summed E-state index contributed by atoms with van der Waals surface area (Å²) in [5.74, 6) is 0.357. The normalized spacial score (nSPS) is 27.1. The first-order chi connectivity index (χ1) is 18.3. The SMILES string of the molecule is CCOP(=O)(CSC[C@H]1O[C@@H](n2ncc3c(NC4CCCC4)nc(C#N)nc32)[C@@H]2OC(C)(C)O[C@@H]21)OCC. The summed E-state index contributed by atoms with van der Waals surface area (Å²) < 4.78 is 44.3. The van der Waals surface area contributed by atoms with Crippen molar-refractivity contribution in [2.45, 2.75) is 89.7 Å². The average molecular weight is 567 g/mol. The molecule has 2 aromatic heterocycles. The summed E-state index contributed by atoms with van der Waals surface area (Å²) in [6, 6.07) is 2.38. The van der Waals surface area contributed by atoms with E-state index in [1.54, 1.807) is 24.7 Å². The molecule has 2 saturated heterocycles. The van der Waals surface area contributed by atoms with Crippen LogP contribution >= 0.6 is 19.4 Å². The molecule has 1 N–H and O–H groups in total. The molecule has 4 heterocycles. The molecule has 0 spiro atoms. The predicted molar refractivity (Wildman–Crippen MR) is 142 cm³/mol. The molecule has 0 aromatic carbocycles.